The number of ether oxygens (including phenoxy) is 2. The van der Waals surface area contributed by atoms with E-state index in [4.69, 9.17) is 9.47 Å². The highest BCUT2D eigenvalue weighted by atomic mass is 32.2. The van der Waals surface area contributed by atoms with Crippen LogP contribution in [0, 0.1) is 0 Å². The maximum atomic E-state index is 13.2. The molecule has 4 aromatic rings. The number of para-hydroxylation sites is 3. The van der Waals surface area contributed by atoms with E-state index in [-0.39, 0.29) is 9.81 Å². The van der Waals surface area contributed by atoms with E-state index in [1.54, 1.807) is 48.5 Å². The second kappa shape index (κ2) is 8.61. The number of hydrogen-bond donors (Lipinski definition) is 0. The van der Waals surface area contributed by atoms with Gasteiger partial charge < -0.3 is 14.0 Å². The second-order valence-corrected chi connectivity index (χ2v) is 9.00. The Morgan fingerprint density at radius 3 is 1.78 bits per heavy atom. The first-order valence-corrected chi connectivity index (χ1v) is 11.5. The quantitative estimate of drug-likeness (QED) is 0.284. The average Bonchev–Trinajstić information content (AvgIpc) is 3.11. The maximum absolute atomic E-state index is 13.2. The van der Waals surface area contributed by atoms with Crippen LogP contribution in [0.15, 0.2) is 105 Å². The number of carbonyl (C=O) groups is 2. The van der Waals surface area contributed by atoms with Crippen molar-refractivity contribution in [2.24, 2.45) is 7.05 Å². The van der Waals surface area contributed by atoms with Crippen molar-refractivity contribution < 1.29 is 19.1 Å². The fourth-order valence-corrected chi connectivity index (χ4v) is 5.84. The van der Waals surface area contributed by atoms with Crippen molar-refractivity contribution >= 4 is 46.4 Å². The minimum absolute atomic E-state index is 0.207. The summed E-state index contributed by atoms with van der Waals surface area (Å²) in [6.07, 6.45) is 0. The zero-order valence-corrected chi connectivity index (χ0v) is 18.6. The van der Waals surface area contributed by atoms with E-state index < -0.39 is 11.9 Å². The molecule has 1 aromatic heterocycles. The topological polar surface area (TPSA) is 57.5 Å². The fraction of sp³-hybridized carbons (Fsp3) is 0.0400. The van der Waals surface area contributed by atoms with Gasteiger partial charge in [-0.05, 0) is 30.3 Å². The van der Waals surface area contributed by atoms with E-state index in [0.717, 1.165) is 20.8 Å². The lowest BCUT2D eigenvalue weighted by atomic mass is 10.2. The molecule has 5 nitrogen and oxygen atoms in total. The predicted molar refractivity (Wildman–Crippen MR) is 126 cm³/mol. The van der Waals surface area contributed by atoms with Crippen LogP contribution in [0.4, 0.5) is 0 Å². The molecule has 0 bridgehead atoms. The largest absolute Gasteiger partial charge is 0.423 e. The van der Waals surface area contributed by atoms with Gasteiger partial charge in [0.2, 0.25) is 0 Å². The molecular formula is C25H17NO4S2. The van der Waals surface area contributed by atoms with Crippen LogP contribution in [-0.4, -0.2) is 16.5 Å². The van der Waals surface area contributed by atoms with Gasteiger partial charge in [0, 0.05) is 18.0 Å². The number of thioether (sulfide) groups is 2. The van der Waals surface area contributed by atoms with E-state index in [9.17, 15) is 9.59 Å². The molecule has 0 unspecified atom stereocenters. The van der Waals surface area contributed by atoms with Crippen LogP contribution in [0.25, 0.3) is 10.9 Å². The van der Waals surface area contributed by atoms with Gasteiger partial charge in [0.15, 0.2) is 0 Å². The predicted octanol–water partition coefficient (Wildman–Crippen LogP) is 5.80. The third kappa shape index (κ3) is 3.81. The number of carbonyl (C=O) groups excluding carboxylic acids is 2. The van der Waals surface area contributed by atoms with Crippen molar-refractivity contribution in [2.75, 3.05) is 0 Å². The van der Waals surface area contributed by atoms with Gasteiger partial charge in [-0.25, -0.2) is 9.59 Å². The minimum Gasteiger partial charge on any atom is -0.423 e. The molecule has 0 atom stereocenters. The molecule has 32 heavy (non-hydrogen) atoms. The number of fused-ring (bicyclic) bond motifs is 3. The third-order valence-electron chi connectivity index (χ3n) is 4.90. The van der Waals surface area contributed by atoms with Gasteiger partial charge >= 0.3 is 11.9 Å². The molecule has 0 radical (unpaired) electrons. The van der Waals surface area contributed by atoms with Gasteiger partial charge in [0.05, 0.1) is 9.92 Å². The van der Waals surface area contributed by atoms with Crippen LogP contribution in [0.1, 0.15) is 0 Å². The van der Waals surface area contributed by atoms with Crippen LogP contribution in [-0.2, 0) is 16.6 Å². The summed E-state index contributed by atoms with van der Waals surface area (Å²) in [5.74, 6) is -0.360. The van der Waals surface area contributed by atoms with Gasteiger partial charge in [-0.1, -0.05) is 78.1 Å². The molecule has 1 aliphatic heterocycles. The normalized spacial score (nSPS) is 13.0. The lowest BCUT2D eigenvalue weighted by Gasteiger charge is -2.19. The molecule has 0 N–H and O–H groups in total. The van der Waals surface area contributed by atoms with Crippen LogP contribution < -0.4 is 9.47 Å². The van der Waals surface area contributed by atoms with Crippen LogP contribution in [0.5, 0.6) is 11.5 Å². The van der Waals surface area contributed by atoms with Crippen molar-refractivity contribution in [3.05, 3.63) is 94.7 Å². The average molecular weight is 460 g/mol. The molecular weight excluding hydrogens is 442 g/mol. The number of aromatic nitrogens is 1. The Morgan fingerprint density at radius 1 is 0.688 bits per heavy atom. The molecule has 0 amide bonds. The summed E-state index contributed by atoms with van der Waals surface area (Å²) in [4.78, 5) is 27.6. The highest BCUT2D eigenvalue weighted by molar-refractivity contribution is 8.10. The van der Waals surface area contributed by atoms with Gasteiger partial charge in [-0.15, -0.1) is 0 Å². The molecule has 0 saturated heterocycles. The highest BCUT2D eigenvalue weighted by Gasteiger charge is 2.34. The second-order valence-electron chi connectivity index (χ2n) is 6.98. The van der Waals surface area contributed by atoms with Crippen LogP contribution in [0.3, 0.4) is 0 Å². The Kier molecular flexibility index (Phi) is 5.51. The molecule has 5 rings (SSSR count). The van der Waals surface area contributed by atoms with Crippen molar-refractivity contribution in [1.82, 2.24) is 4.57 Å². The first kappa shape index (κ1) is 20.5. The van der Waals surface area contributed by atoms with E-state index in [0.29, 0.717) is 11.5 Å². The Balaban J connectivity index is 1.56. The van der Waals surface area contributed by atoms with Crippen molar-refractivity contribution in [3.63, 3.8) is 0 Å². The molecule has 1 aliphatic rings. The Hall–Kier alpha value is -3.42. The van der Waals surface area contributed by atoms with Crippen molar-refractivity contribution in [2.45, 2.75) is 9.92 Å². The lowest BCUT2D eigenvalue weighted by Crippen LogP contribution is -2.19. The number of nitrogens with zero attached hydrogens (tertiary/aromatic N) is 1. The van der Waals surface area contributed by atoms with Gasteiger partial charge in [-0.2, -0.15) is 0 Å². The Morgan fingerprint density at radius 2 is 1.19 bits per heavy atom. The minimum atomic E-state index is -0.593. The smallest absolute Gasteiger partial charge is 0.351 e. The number of hydrogen-bond acceptors (Lipinski definition) is 6. The fourth-order valence-electron chi connectivity index (χ4n) is 3.39. The lowest BCUT2D eigenvalue weighted by molar-refractivity contribution is -0.132. The van der Waals surface area contributed by atoms with Crippen LogP contribution in [0.2, 0.25) is 0 Å². The summed E-state index contributed by atoms with van der Waals surface area (Å²) < 4.78 is 13.2. The van der Waals surface area contributed by atoms with Crippen LogP contribution >= 0.6 is 23.5 Å². The van der Waals surface area contributed by atoms with E-state index in [1.807, 2.05) is 48.0 Å². The Labute approximate surface area is 193 Å². The molecule has 0 saturated carbocycles. The molecule has 7 heteroatoms. The summed E-state index contributed by atoms with van der Waals surface area (Å²) in [6, 6.07) is 25.6. The molecule has 0 aliphatic carbocycles. The third-order valence-corrected chi connectivity index (χ3v) is 7.59. The Bertz CT molecular complexity index is 1360. The maximum Gasteiger partial charge on any atom is 0.351 e. The number of benzene rings is 3. The van der Waals surface area contributed by atoms with Gasteiger partial charge in [0.1, 0.15) is 21.3 Å². The first-order chi connectivity index (χ1) is 15.6. The summed E-state index contributed by atoms with van der Waals surface area (Å²) in [5.41, 5.74) is 1.02. The standard InChI is InChI=1S/C25H17NO4S2/c1-26-19-15-9-8-14-18(19)20-23(26)32-22(25(28)30-17-12-6-3-7-13-17)21(31-20)24(27)29-16-10-4-2-5-11-16/h2-15H,1H3. The number of esters is 2. The SMILES string of the molecule is Cn1c2c(c3ccccc31)SC(C(=O)Oc1ccccc1)=C(C(=O)Oc1ccccc1)S2. The molecule has 2 heterocycles. The zero-order chi connectivity index (χ0) is 22.1. The summed E-state index contributed by atoms with van der Waals surface area (Å²) in [6.45, 7) is 0. The van der Waals surface area contributed by atoms with Gasteiger partial charge in [0.25, 0.3) is 0 Å². The summed E-state index contributed by atoms with van der Waals surface area (Å²) in [7, 11) is 1.95. The van der Waals surface area contributed by atoms with E-state index in [1.165, 1.54) is 23.5 Å². The summed E-state index contributed by atoms with van der Waals surface area (Å²) >= 11 is 2.47. The number of rotatable bonds is 4. The van der Waals surface area contributed by atoms with E-state index >= 15 is 0 Å². The summed E-state index contributed by atoms with van der Waals surface area (Å²) in [5, 5.41) is 1.90. The molecule has 0 spiro atoms. The number of aryl methyl sites for hydroxylation is 1. The van der Waals surface area contributed by atoms with Crippen molar-refractivity contribution in [3.8, 4) is 11.5 Å². The molecule has 0 fully saturated rings. The van der Waals surface area contributed by atoms with Crippen molar-refractivity contribution in [1.29, 1.82) is 0 Å². The van der Waals surface area contributed by atoms with Gasteiger partial charge in [-0.3, -0.25) is 0 Å². The van der Waals surface area contributed by atoms with E-state index in [2.05, 4.69) is 0 Å². The molecule has 3 aromatic carbocycles. The molecule has 158 valence electrons. The zero-order valence-electron chi connectivity index (χ0n) is 17.0. The monoisotopic (exact) mass is 459 g/mol. The first-order valence-electron chi connectivity index (χ1n) is 9.83. The highest BCUT2D eigenvalue weighted by Crippen LogP contribution is 2.51.